The Bertz CT molecular complexity index is 514. The van der Waals surface area contributed by atoms with Gasteiger partial charge in [-0.2, -0.15) is 4.31 Å². The van der Waals surface area contributed by atoms with Crippen molar-refractivity contribution >= 4 is 19.9 Å². The average Bonchev–Trinajstić information content (AvgIpc) is 2.71. The molecule has 2 aliphatic heterocycles. The molecular weight excluding hydrogens is 292 g/mol. The zero-order chi connectivity index (χ0) is 14.1. The van der Waals surface area contributed by atoms with E-state index in [0.717, 1.165) is 0 Å². The summed E-state index contributed by atoms with van der Waals surface area (Å²) in [5, 5.41) is 2.16. The van der Waals surface area contributed by atoms with E-state index in [0.29, 0.717) is 26.2 Å². The van der Waals surface area contributed by atoms with Gasteiger partial charge in [0.1, 0.15) is 0 Å². The Morgan fingerprint density at radius 3 is 2.74 bits per heavy atom. The van der Waals surface area contributed by atoms with Crippen molar-refractivity contribution in [3.63, 3.8) is 0 Å². The zero-order valence-electron chi connectivity index (χ0n) is 10.9. The van der Waals surface area contributed by atoms with Crippen LogP contribution in [0.15, 0.2) is 0 Å². The minimum absolute atomic E-state index is 0.0266. The largest absolute Gasteiger partial charge is 0.374 e. The standard InChI is InChI=1S/C10H20N2O5S2/c1-11-6-9-7-12(3-4-17-9)19(15,16)10-2-5-18(13,14)8-10/h9-11H,2-8H2,1H3. The van der Waals surface area contributed by atoms with Crippen LogP contribution in [0.3, 0.4) is 0 Å². The number of rotatable bonds is 4. The predicted molar refractivity (Wildman–Crippen MR) is 71.2 cm³/mol. The van der Waals surface area contributed by atoms with Gasteiger partial charge in [0, 0.05) is 19.6 Å². The summed E-state index contributed by atoms with van der Waals surface area (Å²) in [6, 6.07) is 0. The Morgan fingerprint density at radius 1 is 1.42 bits per heavy atom. The molecule has 0 aromatic carbocycles. The zero-order valence-corrected chi connectivity index (χ0v) is 12.5. The van der Waals surface area contributed by atoms with E-state index >= 15 is 0 Å². The lowest BCUT2D eigenvalue weighted by Gasteiger charge is -2.33. The molecule has 2 unspecified atom stereocenters. The molecule has 2 saturated heterocycles. The molecular formula is C10H20N2O5S2. The van der Waals surface area contributed by atoms with Crippen LogP contribution < -0.4 is 5.32 Å². The van der Waals surface area contributed by atoms with Gasteiger partial charge in [-0.15, -0.1) is 0 Å². The predicted octanol–water partition coefficient (Wildman–Crippen LogP) is -1.58. The second kappa shape index (κ2) is 5.65. The van der Waals surface area contributed by atoms with Crippen LogP contribution in [0.1, 0.15) is 6.42 Å². The van der Waals surface area contributed by atoms with Gasteiger partial charge in [-0.3, -0.25) is 0 Å². The monoisotopic (exact) mass is 312 g/mol. The van der Waals surface area contributed by atoms with Crippen molar-refractivity contribution in [3.8, 4) is 0 Å². The van der Waals surface area contributed by atoms with Crippen molar-refractivity contribution in [2.24, 2.45) is 0 Å². The van der Waals surface area contributed by atoms with Crippen molar-refractivity contribution in [1.29, 1.82) is 0 Å². The van der Waals surface area contributed by atoms with Crippen molar-refractivity contribution in [2.75, 3.05) is 44.8 Å². The van der Waals surface area contributed by atoms with E-state index in [1.807, 2.05) is 0 Å². The molecule has 2 rings (SSSR count). The third-order valence-electron chi connectivity index (χ3n) is 3.51. The first-order chi connectivity index (χ1) is 8.85. The highest BCUT2D eigenvalue weighted by molar-refractivity contribution is 7.95. The average molecular weight is 312 g/mol. The molecule has 0 saturated carbocycles. The molecule has 112 valence electrons. The van der Waals surface area contributed by atoms with E-state index in [1.165, 1.54) is 4.31 Å². The fraction of sp³-hybridized carbons (Fsp3) is 1.00. The molecule has 0 aromatic heterocycles. The summed E-state index contributed by atoms with van der Waals surface area (Å²) in [5.74, 6) is -0.273. The van der Waals surface area contributed by atoms with Crippen molar-refractivity contribution in [3.05, 3.63) is 0 Å². The Morgan fingerprint density at radius 2 is 2.16 bits per heavy atom. The highest BCUT2D eigenvalue weighted by atomic mass is 32.2. The number of likely N-dealkylation sites (N-methyl/N-ethyl adjacent to an activating group) is 1. The molecule has 19 heavy (non-hydrogen) atoms. The van der Waals surface area contributed by atoms with Crippen molar-refractivity contribution in [2.45, 2.75) is 17.8 Å². The van der Waals surface area contributed by atoms with E-state index in [2.05, 4.69) is 5.32 Å². The maximum atomic E-state index is 12.4. The fourth-order valence-electron chi connectivity index (χ4n) is 2.48. The highest BCUT2D eigenvalue weighted by Crippen LogP contribution is 2.23. The van der Waals surface area contributed by atoms with Crippen molar-refractivity contribution in [1.82, 2.24) is 9.62 Å². The lowest BCUT2D eigenvalue weighted by atomic mass is 10.3. The van der Waals surface area contributed by atoms with E-state index < -0.39 is 25.1 Å². The molecule has 0 amide bonds. The molecule has 9 heteroatoms. The molecule has 1 N–H and O–H groups in total. The lowest BCUT2D eigenvalue weighted by Crippen LogP contribution is -2.51. The van der Waals surface area contributed by atoms with Crippen LogP contribution in [-0.4, -0.2) is 77.3 Å². The molecule has 0 spiro atoms. The van der Waals surface area contributed by atoms with Gasteiger partial charge in [-0.25, -0.2) is 16.8 Å². The quantitative estimate of drug-likeness (QED) is 0.674. The number of nitrogens with one attached hydrogen (secondary N) is 1. The molecule has 0 radical (unpaired) electrons. The number of ether oxygens (including phenoxy) is 1. The summed E-state index contributed by atoms with van der Waals surface area (Å²) in [6.07, 6.45) is 0.0326. The maximum absolute atomic E-state index is 12.4. The minimum atomic E-state index is -3.54. The molecule has 2 fully saturated rings. The molecule has 7 nitrogen and oxygen atoms in total. The van der Waals surface area contributed by atoms with Crippen LogP contribution in [0.2, 0.25) is 0 Å². The number of nitrogens with zero attached hydrogens (tertiary/aromatic N) is 1. The molecule has 0 aromatic rings. The summed E-state index contributed by atoms with van der Waals surface area (Å²) in [4.78, 5) is 0. The molecule has 2 aliphatic rings. The highest BCUT2D eigenvalue weighted by Gasteiger charge is 2.41. The second-order valence-electron chi connectivity index (χ2n) is 4.98. The number of hydrogen-bond acceptors (Lipinski definition) is 6. The van der Waals surface area contributed by atoms with E-state index in [4.69, 9.17) is 4.74 Å². The summed E-state index contributed by atoms with van der Waals surface area (Å²) in [5.41, 5.74) is 0. The SMILES string of the molecule is CNCC1CN(S(=O)(=O)C2CCS(=O)(=O)C2)CCO1. The summed E-state index contributed by atoms with van der Waals surface area (Å²) in [7, 11) is -4.95. The lowest BCUT2D eigenvalue weighted by molar-refractivity contribution is 0.000606. The first-order valence-corrected chi connectivity index (χ1v) is 9.63. The van der Waals surface area contributed by atoms with Gasteiger partial charge in [0.15, 0.2) is 9.84 Å². The van der Waals surface area contributed by atoms with Crippen LogP contribution in [0.4, 0.5) is 0 Å². The van der Waals surface area contributed by atoms with Gasteiger partial charge in [-0.1, -0.05) is 0 Å². The number of hydrogen-bond donors (Lipinski definition) is 1. The van der Waals surface area contributed by atoms with Gasteiger partial charge in [0.05, 0.1) is 29.5 Å². The van der Waals surface area contributed by atoms with Crippen LogP contribution >= 0.6 is 0 Å². The van der Waals surface area contributed by atoms with Crippen LogP contribution in [0, 0.1) is 0 Å². The molecule has 0 bridgehead atoms. The van der Waals surface area contributed by atoms with Gasteiger partial charge in [0.2, 0.25) is 10.0 Å². The van der Waals surface area contributed by atoms with E-state index in [9.17, 15) is 16.8 Å². The summed E-state index contributed by atoms with van der Waals surface area (Å²) < 4.78 is 54.5. The Balaban J connectivity index is 2.07. The molecule has 2 atom stereocenters. The Labute approximate surface area is 114 Å². The third kappa shape index (κ3) is 3.46. The Kier molecular flexibility index (Phi) is 4.51. The number of sulfonamides is 1. The number of sulfone groups is 1. The second-order valence-corrected chi connectivity index (χ2v) is 9.42. The van der Waals surface area contributed by atoms with Gasteiger partial charge in [0.25, 0.3) is 0 Å². The van der Waals surface area contributed by atoms with Crippen LogP contribution in [0.25, 0.3) is 0 Å². The van der Waals surface area contributed by atoms with Gasteiger partial charge in [-0.05, 0) is 13.5 Å². The Hall–Kier alpha value is -0.220. The van der Waals surface area contributed by atoms with Crippen LogP contribution in [-0.2, 0) is 24.6 Å². The fourth-order valence-corrected chi connectivity index (χ4v) is 7.02. The third-order valence-corrected chi connectivity index (χ3v) is 7.78. The van der Waals surface area contributed by atoms with E-state index in [1.54, 1.807) is 7.05 Å². The molecule has 2 heterocycles. The first-order valence-electron chi connectivity index (χ1n) is 6.31. The summed E-state index contributed by atoms with van der Waals surface area (Å²) >= 11 is 0. The first kappa shape index (κ1) is 15.2. The topological polar surface area (TPSA) is 92.8 Å². The molecule has 0 aliphatic carbocycles. The van der Waals surface area contributed by atoms with Crippen LogP contribution in [0.5, 0.6) is 0 Å². The van der Waals surface area contributed by atoms with Gasteiger partial charge >= 0.3 is 0 Å². The normalized spacial score (nSPS) is 32.5. The van der Waals surface area contributed by atoms with Gasteiger partial charge < -0.3 is 10.1 Å². The van der Waals surface area contributed by atoms with E-state index in [-0.39, 0.29) is 24.0 Å². The maximum Gasteiger partial charge on any atom is 0.218 e. The van der Waals surface area contributed by atoms with Crippen molar-refractivity contribution < 1.29 is 21.6 Å². The smallest absolute Gasteiger partial charge is 0.218 e. The minimum Gasteiger partial charge on any atom is -0.374 e. The summed E-state index contributed by atoms with van der Waals surface area (Å²) in [6.45, 7) is 1.53. The number of morpholine rings is 1.